The van der Waals surface area contributed by atoms with E-state index >= 15 is 0 Å². The summed E-state index contributed by atoms with van der Waals surface area (Å²) in [4.78, 5) is 2.43. The third-order valence-electron chi connectivity index (χ3n) is 9.53. The van der Waals surface area contributed by atoms with Crippen LogP contribution < -0.4 is 4.90 Å². The minimum atomic E-state index is 0.874. The van der Waals surface area contributed by atoms with Crippen LogP contribution in [0.4, 0.5) is 17.1 Å². The van der Waals surface area contributed by atoms with Crippen molar-refractivity contribution in [3.05, 3.63) is 170 Å². The first kappa shape index (κ1) is 26.0. The summed E-state index contributed by atoms with van der Waals surface area (Å²) >= 11 is 0. The molecule has 0 saturated carbocycles. The van der Waals surface area contributed by atoms with E-state index in [1.807, 2.05) is 0 Å². The first-order chi connectivity index (χ1) is 23.3. The second kappa shape index (κ2) is 10.1. The Morgan fingerprint density at radius 1 is 0.426 bits per heavy atom. The van der Waals surface area contributed by atoms with Gasteiger partial charge in [0.05, 0.1) is 27.8 Å². The van der Waals surface area contributed by atoms with E-state index < -0.39 is 0 Å². The number of para-hydroxylation sites is 2. The van der Waals surface area contributed by atoms with Gasteiger partial charge in [0.25, 0.3) is 0 Å². The molecule has 0 aliphatic heterocycles. The van der Waals surface area contributed by atoms with Crippen LogP contribution in [0.1, 0.15) is 0 Å². The van der Waals surface area contributed by atoms with Gasteiger partial charge in [0.15, 0.2) is 0 Å². The van der Waals surface area contributed by atoms with Crippen LogP contribution in [0.5, 0.6) is 0 Å². The fraction of sp³-hybridized carbons (Fsp3) is 0. The number of benzene rings is 8. The van der Waals surface area contributed by atoms with Gasteiger partial charge in [0, 0.05) is 32.9 Å². The molecule has 0 aliphatic rings. The Morgan fingerprint density at radius 2 is 1.09 bits per heavy atom. The van der Waals surface area contributed by atoms with Gasteiger partial charge in [0.2, 0.25) is 0 Å². The van der Waals surface area contributed by atoms with E-state index in [0.29, 0.717) is 0 Å². The normalized spacial score (nSPS) is 11.8. The molecule has 0 N–H and O–H groups in total. The Morgan fingerprint density at radius 3 is 1.96 bits per heavy atom. The lowest BCUT2D eigenvalue weighted by Crippen LogP contribution is -2.11. The highest BCUT2D eigenvalue weighted by atomic mass is 16.3. The monoisotopic (exact) mass is 600 g/mol. The van der Waals surface area contributed by atoms with Gasteiger partial charge in [-0.15, -0.1) is 0 Å². The summed E-state index contributed by atoms with van der Waals surface area (Å²) in [7, 11) is 0. The van der Waals surface area contributed by atoms with Gasteiger partial charge in [-0.3, -0.25) is 0 Å². The number of hydrogen-bond donors (Lipinski definition) is 0. The van der Waals surface area contributed by atoms with Gasteiger partial charge in [-0.05, 0) is 76.8 Å². The summed E-state index contributed by atoms with van der Waals surface area (Å²) in [6, 6.07) is 60.8. The molecule has 0 atom stereocenters. The van der Waals surface area contributed by atoms with E-state index in [2.05, 4.69) is 179 Å². The lowest BCUT2D eigenvalue weighted by atomic mass is 10.0. The molecule has 3 heteroatoms. The van der Waals surface area contributed by atoms with Crippen LogP contribution in [0, 0.1) is 0 Å². The minimum Gasteiger partial charge on any atom is -0.455 e. The topological polar surface area (TPSA) is 21.3 Å². The van der Waals surface area contributed by atoms with E-state index in [4.69, 9.17) is 4.42 Å². The zero-order chi connectivity index (χ0) is 30.9. The molecule has 8 aromatic carbocycles. The molecule has 0 saturated heterocycles. The molecule has 3 nitrogen and oxygen atoms in total. The van der Waals surface area contributed by atoms with Crippen molar-refractivity contribution in [3.63, 3.8) is 0 Å². The van der Waals surface area contributed by atoms with Gasteiger partial charge in [-0.1, -0.05) is 109 Å². The molecule has 0 unspecified atom stereocenters. The summed E-state index contributed by atoms with van der Waals surface area (Å²) < 4.78 is 9.07. The predicted molar refractivity (Wildman–Crippen MR) is 198 cm³/mol. The molecule has 220 valence electrons. The Balaban J connectivity index is 1.34. The van der Waals surface area contributed by atoms with Crippen molar-refractivity contribution in [1.29, 1.82) is 0 Å². The van der Waals surface area contributed by atoms with Crippen molar-refractivity contribution in [1.82, 2.24) is 4.57 Å². The molecule has 0 fully saturated rings. The fourth-order valence-corrected chi connectivity index (χ4v) is 7.49. The zero-order valence-electron chi connectivity index (χ0n) is 25.5. The van der Waals surface area contributed by atoms with Crippen LogP contribution >= 0.6 is 0 Å². The van der Waals surface area contributed by atoms with Gasteiger partial charge in [-0.2, -0.15) is 0 Å². The predicted octanol–water partition coefficient (Wildman–Crippen LogP) is 12.5. The zero-order valence-corrected chi connectivity index (χ0v) is 25.5. The van der Waals surface area contributed by atoms with Crippen LogP contribution in [-0.2, 0) is 0 Å². The van der Waals surface area contributed by atoms with E-state index in [1.165, 1.54) is 32.4 Å². The Hall–Kier alpha value is -6.32. The molecular weight excluding hydrogens is 572 g/mol. The van der Waals surface area contributed by atoms with E-state index in [1.54, 1.807) is 0 Å². The first-order valence-corrected chi connectivity index (χ1v) is 16.0. The summed E-state index contributed by atoms with van der Waals surface area (Å²) in [5.74, 6) is 0. The molecule has 47 heavy (non-hydrogen) atoms. The molecule has 10 aromatic rings. The van der Waals surface area contributed by atoms with Crippen LogP contribution in [0.15, 0.2) is 174 Å². The van der Waals surface area contributed by atoms with Crippen molar-refractivity contribution in [2.45, 2.75) is 0 Å². The second-order valence-corrected chi connectivity index (χ2v) is 12.1. The van der Waals surface area contributed by atoms with Gasteiger partial charge < -0.3 is 13.9 Å². The summed E-state index contributed by atoms with van der Waals surface area (Å²) in [5.41, 5.74) is 8.57. The molecule has 0 amide bonds. The Labute approximate surface area is 271 Å². The summed E-state index contributed by atoms with van der Waals surface area (Å²) in [5, 5.41) is 9.34. The SMILES string of the molecule is c1ccc(-n2c3ccccc3c3c(N(c4ccc5ccccc5c4)c4cccc5oc6c7ccccc7ccc6c45)cccc32)cc1. The number of aromatic nitrogens is 1. The second-order valence-electron chi connectivity index (χ2n) is 12.1. The average molecular weight is 601 g/mol. The number of anilines is 3. The van der Waals surface area contributed by atoms with E-state index in [0.717, 1.165) is 55.6 Å². The van der Waals surface area contributed by atoms with Gasteiger partial charge in [-0.25, -0.2) is 0 Å². The number of fused-ring (bicyclic) bond motifs is 9. The molecule has 2 heterocycles. The largest absolute Gasteiger partial charge is 0.455 e. The summed E-state index contributed by atoms with van der Waals surface area (Å²) in [6.07, 6.45) is 0. The number of furan rings is 1. The van der Waals surface area contributed by atoms with Crippen LogP contribution in [0.3, 0.4) is 0 Å². The van der Waals surface area contributed by atoms with Gasteiger partial charge >= 0.3 is 0 Å². The van der Waals surface area contributed by atoms with Crippen molar-refractivity contribution in [2.75, 3.05) is 4.90 Å². The molecule has 0 radical (unpaired) electrons. The first-order valence-electron chi connectivity index (χ1n) is 16.0. The Bertz CT molecular complexity index is 2810. The highest BCUT2D eigenvalue weighted by Gasteiger charge is 2.24. The molecule has 0 bridgehead atoms. The maximum absolute atomic E-state index is 6.69. The average Bonchev–Trinajstić information content (AvgIpc) is 3.69. The van der Waals surface area contributed by atoms with Crippen molar-refractivity contribution in [2.24, 2.45) is 0 Å². The van der Waals surface area contributed by atoms with Crippen LogP contribution in [0.25, 0.3) is 71.0 Å². The lowest BCUT2D eigenvalue weighted by Gasteiger charge is -2.27. The fourth-order valence-electron chi connectivity index (χ4n) is 7.49. The van der Waals surface area contributed by atoms with Crippen molar-refractivity contribution in [3.8, 4) is 5.69 Å². The smallest absolute Gasteiger partial charge is 0.143 e. The highest BCUT2D eigenvalue weighted by molar-refractivity contribution is 6.22. The molecule has 2 aromatic heterocycles. The van der Waals surface area contributed by atoms with E-state index in [-0.39, 0.29) is 0 Å². The van der Waals surface area contributed by atoms with E-state index in [9.17, 15) is 0 Å². The third kappa shape index (κ3) is 3.87. The van der Waals surface area contributed by atoms with Crippen LogP contribution in [-0.4, -0.2) is 4.57 Å². The third-order valence-corrected chi connectivity index (χ3v) is 9.53. The Kier molecular flexibility index (Phi) is 5.57. The van der Waals surface area contributed by atoms with Crippen molar-refractivity contribution < 1.29 is 4.42 Å². The number of nitrogens with zero attached hydrogens (tertiary/aromatic N) is 2. The standard InChI is InChI=1S/C44H28N2O/c1-2-15-32(16-3-1)45-37-19-9-8-18-35(37)42-38(45)20-10-21-39(42)46(33-26-24-29-12-4-5-14-31(29)28-33)40-22-11-23-41-43(40)36-27-25-30-13-6-7-17-34(30)44(36)47-41/h1-28H. The highest BCUT2D eigenvalue weighted by Crippen LogP contribution is 2.48. The summed E-state index contributed by atoms with van der Waals surface area (Å²) in [6.45, 7) is 0. The van der Waals surface area contributed by atoms with Crippen LogP contribution in [0.2, 0.25) is 0 Å². The number of rotatable bonds is 4. The molecule has 0 spiro atoms. The molecule has 10 rings (SSSR count). The number of hydrogen-bond acceptors (Lipinski definition) is 2. The maximum Gasteiger partial charge on any atom is 0.143 e. The molecule has 0 aliphatic carbocycles. The molecular formula is C44H28N2O. The maximum atomic E-state index is 6.69. The van der Waals surface area contributed by atoms with Gasteiger partial charge in [0.1, 0.15) is 11.2 Å². The van der Waals surface area contributed by atoms with Crippen molar-refractivity contribution >= 4 is 82.4 Å². The quantitative estimate of drug-likeness (QED) is 0.200. The lowest BCUT2D eigenvalue weighted by molar-refractivity contribution is 0.672. The minimum absolute atomic E-state index is 0.874.